The lowest BCUT2D eigenvalue weighted by molar-refractivity contribution is -0.202. The maximum absolute atomic E-state index is 12.2. The average molecular weight is 288 g/mol. The Bertz CT molecular complexity index is 403. The lowest BCUT2D eigenvalue weighted by Crippen LogP contribution is -2.47. The molecule has 0 spiro atoms. The van der Waals surface area contributed by atoms with Crippen molar-refractivity contribution in [2.45, 2.75) is 31.2 Å². The van der Waals surface area contributed by atoms with Crippen molar-refractivity contribution >= 4 is 5.69 Å². The van der Waals surface area contributed by atoms with Crippen molar-refractivity contribution in [2.24, 2.45) is 0 Å². The first kappa shape index (κ1) is 15.1. The smallest absolute Gasteiger partial charge is 0.382 e. The highest BCUT2D eigenvalue weighted by molar-refractivity contribution is 5.46. The van der Waals surface area contributed by atoms with Gasteiger partial charge in [-0.05, 0) is 25.0 Å². The highest BCUT2D eigenvalue weighted by Gasteiger charge is 2.38. The van der Waals surface area contributed by atoms with Crippen LogP contribution in [0.1, 0.15) is 12.8 Å². The van der Waals surface area contributed by atoms with E-state index in [1.165, 1.54) is 0 Å². The Morgan fingerprint density at radius 3 is 2.35 bits per heavy atom. The molecule has 0 saturated carbocycles. The van der Waals surface area contributed by atoms with Crippen LogP contribution in [0.2, 0.25) is 0 Å². The molecule has 1 heterocycles. The first-order valence-electron chi connectivity index (χ1n) is 6.75. The van der Waals surface area contributed by atoms with E-state index in [1.54, 1.807) is 0 Å². The first-order valence-corrected chi connectivity index (χ1v) is 6.75. The van der Waals surface area contributed by atoms with Crippen LogP contribution in [0.25, 0.3) is 0 Å². The summed E-state index contributed by atoms with van der Waals surface area (Å²) in [4.78, 5) is 2.22. The molecule has 112 valence electrons. The first-order chi connectivity index (χ1) is 9.47. The number of nitrogens with zero attached hydrogens (tertiary/aromatic N) is 1. The molecule has 1 aromatic carbocycles. The quantitative estimate of drug-likeness (QED) is 0.891. The zero-order valence-electron chi connectivity index (χ0n) is 11.1. The van der Waals surface area contributed by atoms with E-state index in [2.05, 4.69) is 10.2 Å². The monoisotopic (exact) mass is 288 g/mol. The number of hydrogen-bond donors (Lipinski definition) is 2. The third-order valence-electron chi connectivity index (χ3n) is 3.59. The molecule has 1 atom stereocenters. The van der Waals surface area contributed by atoms with E-state index in [0.29, 0.717) is 0 Å². The molecule has 0 aliphatic carbocycles. The number of para-hydroxylation sites is 1. The number of anilines is 1. The lowest BCUT2D eigenvalue weighted by atomic mass is 10.0. The second kappa shape index (κ2) is 6.45. The number of halogens is 3. The fourth-order valence-corrected chi connectivity index (χ4v) is 2.37. The van der Waals surface area contributed by atoms with Crippen LogP contribution >= 0.6 is 0 Å². The number of aliphatic hydroxyl groups is 1. The van der Waals surface area contributed by atoms with Gasteiger partial charge in [-0.3, -0.25) is 0 Å². The molecule has 0 aromatic heterocycles. The standard InChI is InChI=1S/C14H19F3N2O/c15-14(16,17)13(20)10-18-11-6-8-19(9-7-11)12-4-2-1-3-5-12/h1-5,11,13,18,20H,6-10H2. The third-order valence-corrected chi connectivity index (χ3v) is 3.59. The van der Waals surface area contributed by atoms with Gasteiger partial charge in [0.25, 0.3) is 0 Å². The van der Waals surface area contributed by atoms with Gasteiger partial charge in [0, 0.05) is 31.4 Å². The fraction of sp³-hybridized carbons (Fsp3) is 0.571. The molecule has 1 fully saturated rings. The molecule has 0 radical (unpaired) electrons. The number of rotatable bonds is 4. The molecule has 0 amide bonds. The van der Waals surface area contributed by atoms with E-state index >= 15 is 0 Å². The van der Waals surface area contributed by atoms with Crippen LogP contribution in [0.15, 0.2) is 30.3 Å². The van der Waals surface area contributed by atoms with E-state index in [4.69, 9.17) is 5.11 Å². The minimum absolute atomic E-state index is 0.0342. The second-order valence-electron chi connectivity index (χ2n) is 5.06. The van der Waals surface area contributed by atoms with Gasteiger partial charge in [0.2, 0.25) is 0 Å². The van der Waals surface area contributed by atoms with E-state index < -0.39 is 18.8 Å². The van der Waals surface area contributed by atoms with Crippen LogP contribution in [0.4, 0.5) is 18.9 Å². The maximum Gasteiger partial charge on any atom is 0.415 e. The predicted octanol–water partition coefficient (Wildman–Crippen LogP) is 2.17. The molecule has 1 aromatic rings. The summed E-state index contributed by atoms with van der Waals surface area (Å²) >= 11 is 0. The van der Waals surface area contributed by atoms with Gasteiger partial charge in [-0.25, -0.2) is 0 Å². The number of nitrogens with one attached hydrogen (secondary N) is 1. The zero-order chi connectivity index (χ0) is 14.6. The Balaban J connectivity index is 1.75. The minimum Gasteiger partial charge on any atom is -0.382 e. The van der Waals surface area contributed by atoms with Crippen LogP contribution in [-0.4, -0.2) is 43.1 Å². The van der Waals surface area contributed by atoms with Gasteiger partial charge in [0.05, 0.1) is 0 Å². The van der Waals surface area contributed by atoms with E-state index in [-0.39, 0.29) is 6.04 Å². The lowest BCUT2D eigenvalue weighted by Gasteiger charge is -2.34. The molecule has 1 unspecified atom stereocenters. The fourth-order valence-electron chi connectivity index (χ4n) is 2.37. The van der Waals surface area contributed by atoms with Crippen molar-refractivity contribution < 1.29 is 18.3 Å². The Morgan fingerprint density at radius 2 is 1.80 bits per heavy atom. The van der Waals surface area contributed by atoms with Crippen molar-refractivity contribution in [3.63, 3.8) is 0 Å². The molecular formula is C14H19F3N2O. The molecule has 0 bridgehead atoms. The number of piperidine rings is 1. The summed E-state index contributed by atoms with van der Waals surface area (Å²) in [5.74, 6) is 0. The second-order valence-corrected chi connectivity index (χ2v) is 5.06. The van der Waals surface area contributed by atoms with Gasteiger partial charge in [-0.1, -0.05) is 18.2 Å². The summed E-state index contributed by atoms with van der Waals surface area (Å²) in [6.45, 7) is 1.19. The van der Waals surface area contributed by atoms with Crippen LogP contribution in [0.5, 0.6) is 0 Å². The summed E-state index contributed by atoms with van der Waals surface area (Å²) in [7, 11) is 0. The number of benzene rings is 1. The van der Waals surface area contributed by atoms with Gasteiger partial charge in [0.1, 0.15) is 0 Å². The normalized spacial score (nSPS) is 19.1. The summed E-state index contributed by atoms with van der Waals surface area (Å²) in [6, 6.07) is 9.99. The van der Waals surface area contributed by atoms with Crippen LogP contribution in [0, 0.1) is 0 Å². The van der Waals surface area contributed by atoms with Gasteiger partial charge >= 0.3 is 6.18 Å². The Labute approximate surface area is 116 Å². The van der Waals surface area contributed by atoms with Crippen molar-refractivity contribution in [2.75, 3.05) is 24.5 Å². The third kappa shape index (κ3) is 4.11. The van der Waals surface area contributed by atoms with Gasteiger partial charge < -0.3 is 15.3 Å². The number of alkyl halides is 3. The SMILES string of the molecule is OC(CNC1CCN(c2ccccc2)CC1)C(F)(F)F. The average Bonchev–Trinajstić information content (AvgIpc) is 2.45. The van der Waals surface area contributed by atoms with Crippen LogP contribution < -0.4 is 10.2 Å². The van der Waals surface area contributed by atoms with E-state index in [9.17, 15) is 13.2 Å². The summed E-state index contributed by atoms with van der Waals surface area (Å²) in [5.41, 5.74) is 1.14. The summed E-state index contributed by atoms with van der Waals surface area (Å²) < 4.78 is 36.6. The summed E-state index contributed by atoms with van der Waals surface area (Å²) in [5, 5.41) is 11.8. The van der Waals surface area contributed by atoms with Crippen molar-refractivity contribution in [3.8, 4) is 0 Å². The molecular weight excluding hydrogens is 269 g/mol. The van der Waals surface area contributed by atoms with Crippen molar-refractivity contribution in [1.82, 2.24) is 5.32 Å². The Morgan fingerprint density at radius 1 is 1.20 bits per heavy atom. The Hall–Kier alpha value is -1.27. The van der Waals surface area contributed by atoms with Crippen LogP contribution in [-0.2, 0) is 0 Å². The highest BCUT2D eigenvalue weighted by atomic mass is 19.4. The van der Waals surface area contributed by atoms with Crippen molar-refractivity contribution in [3.05, 3.63) is 30.3 Å². The van der Waals surface area contributed by atoms with Crippen molar-refractivity contribution in [1.29, 1.82) is 0 Å². The minimum atomic E-state index is -4.54. The molecule has 1 aliphatic rings. The molecule has 3 nitrogen and oxygen atoms in total. The number of hydrogen-bond acceptors (Lipinski definition) is 3. The molecule has 1 aliphatic heterocycles. The number of aliphatic hydroxyl groups excluding tert-OH is 1. The molecule has 20 heavy (non-hydrogen) atoms. The van der Waals surface area contributed by atoms with Gasteiger partial charge in [-0.15, -0.1) is 0 Å². The molecule has 2 N–H and O–H groups in total. The highest BCUT2D eigenvalue weighted by Crippen LogP contribution is 2.21. The van der Waals surface area contributed by atoms with Gasteiger partial charge in [-0.2, -0.15) is 13.2 Å². The van der Waals surface area contributed by atoms with E-state index in [1.807, 2.05) is 30.3 Å². The van der Waals surface area contributed by atoms with Crippen LogP contribution in [0.3, 0.4) is 0 Å². The zero-order valence-corrected chi connectivity index (χ0v) is 11.1. The largest absolute Gasteiger partial charge is 0.415 e. The maximum atomic E-state index is 12.2. The topological polar surface area (TPSA) is 35.5 Å². The van der Waals surface area contributed by atoms with Gasteiger partial charge in [0.15, 0.2) is 6.10 Å². The summed E-state index contributed by atoms with van der Waals surface area (Å²) in [6.07, 6.45) is -5.27. The predicted molar refractivity (Wildman–Crippen MR) is 71.7 cm³/mol. The van der Waals surface area contributed by atoms with E-state index in [0.717, 1.165) is 31.6 Å². The Kier molecular flexibility index (Phi) is 4.88. The molecule has 6 heteroatoms. The molecule has 1 saturated heterocycles. The molecule has 2 rings (SSSR count).